The van der Waals surface area contributed by atoms with Crippen molar-refractivity contribution in [3.63, 3.8) is 0 Å². The van der Waals surface area contributed by atoms with E-state index in [0.29, 0.717) is 24.2 Å². The van der Waals surface area contributed by atoms with E-state index < -0.39 is 5.63 Å². The Morgan fingerprint density at radius 2 is 1.73 bits per heavy atom. The number of thioether (sulfide) groups is 1. The highest BCUT2D eigenvalue weighted by Gasteiger charge is 2.23. The summed E-state index contributed by atoms with van der Waals surface area (Å²) in [5, 5.41) is 10.8. The van der Waals surface area contributed by atoms with Crippen LogP contribution in [0.3, 0.4) is 0 Å². The van der Waals surface area contributed by atoms with E-state index in [2.05, 4.69) is 20.8 Å². The molecule has 1 aromatic heterocycles. The Morgan fingerprint density at radius 1 is 1.03 bits per heavy atom. The maximum atomic E-state index is 12.3. The largest absolute Gasteiger partial charge is 0.507 e. The van der Waals surface area contributed by atoms with E-state index in [1.165, 1.54) is 6.26 Å². The van der Waals surface area contributed by atoms with E-state index in [1.807, 2.05) is 30.0 Å². The van der Waals surface area contributed by atoms with Crippen LogP contribution in [0.4, 0.5) is 5.69 Å². The average Bonchev–Trinajstić information content (AvgIpc) is 2.80. The van der Waals surface area contributed by atoms with Crippen LogP contribution in [0.1, 0.15) is 11.1 Å². The number of para-hydroxylation sites is 2. The zero-order valence-corrected chi connectivity index (χ0v) is 18.2. The molecule has 2 aliphatic heterocycles. The highest BCUT2D eigenvalue weighted by molar-refractivity contribution is 7.99. The van der Waals surface area contributed by atoms with Gasteiger partial charge < -0.3 is 19.2 Å². The normalized spacial score (nSPS) is 18.5. The summed E-state index contributed by atoms with van der Waals surface area (Å²) in [5.74, 6) is 3.16. The number of piperazine rings is 1. The Morgan fingerprint density at radius 3 is 2.47 bits per heavy atom. The summed E-state index contributed by atoms with van der Waals surface area (Å²) in [6, 6.07) is 8.02. The number of methoxy groups -OCH3 is 1. The van der Waals surface area contributed by atoms with E-state index in [-0.39, 0.29) is 5.75 Å². The van der Waals surface area contributed by atoms with Gasteiger partial charge in [-0.25, -0.2) is 4.79 Å². The van der Waals surface area contributed by atoms with Crippen LogP contribution in [0.5, 0.6) is 11.5 Å². The molecule has 3 heterocycles. The van der Waals surface area contributed by atoms with Crippen molar-refractivity contribution >= 4 is 17.4 Å². The zero-order valence-electron chi connectivity index (χ0n) is 17.4. The van der Waals surface area contributed by atoms with E-state index >= 15 is 0 Å². The molecule has 0 saturated carbocycles. The van der Waals surface area contributed by atoms with Crippen LogP contribution in [0.25, 0.3) is 0 Å². The molecule has 0 unspecified atom stereocenters. The lowest BCUT2D eigenvalue weighted by molar-refractivity contribution is 0.239. The summed E-state index contributed by atoms with van der Waals surface area (Å²) in [7, 11) is 1.69. The predicted octanol–water partition coefficient (Wildman–Crippen LogP) is 2.22. The molecule has 30 heavy (non-hydrogen) atoms. The summed E-state index contributed by atoms with van der Waals surface area (Å²) in [4.78, 5) is 19.1. The lowest BCUT2D eigenvalue weighted by Crippen LogP contribution is -2.46. The number of nitrogens with zero attached hydrogens (tertiary/aromatic N) is 3. The second-order valence-corrected chi connectivity index (χ2v) is 8.92. The lowest BCUT2D eigenvalue weighted by Gasteiger charge is -2.36. The highest BCUT2D eigenvalue weighted by Crippen LogP contribution is 2.29. The van der Waals surface area contributed by atoms with Gasteiger partial charge in [-0.3, -0.25) is 9.80 Å². The zero-order chi connectivity index (χ0) is 20.9. The molecule has 1 N–H and O–H groups in total. The van der Waals surface area contributed by atoms with Gasteiger partial charge in [0.25, 0.3) is 0 Å². The highest BCUT2D eigenvalue weighted by atomic mass is 32.2. The summed E-state index contributed by atoms with van der Waals surface area (Å²) < 4.78 is 10.8. The first-order chi connectivity index (χ1) is 14.7. The Balaban J connectivity index is 1.41. The van der Waals surface area contributed by atoms with Gasteiger partial charge >= 0.3 is 5.63 Å². The second kappa shape index (κ2) is 9.76. The first-order valence-corrected chi connectivity index (χ1v) is 11.5. The molecule has 2 fully saturated rings. The molecule has 0 radical (unpaired) electrons. The molecular weight excluding hydrogens is 402 g/mol. The van der Waals surface area contributed by atoms with Gasteiger partial charge in [0, 0.05) is 69.4 Å². The third kappa shape index (κ3) is 4.77. The first kappa shape index (κ1) is 21.1. The van der Waals surface area contributed by atoms with Crippen LogP contribution in [0, 0.1) is 0 Å². The van der Waals surface area contributed by atoms with Crippen molar-refractivity contribution in [2.45, 2.75) is 13.1 Å². The van der Waals surface area contributed by atoms with Crippen molar-refractivity contribution in [1.29, 1.82) is 0 Å². The number of aromatic hydroxyl groups is 1. The van der Waals surface area contributed by atoms with Crippen LogP contribution in [-0.4, -0.2) is 72.8 Å². The molecule has 2 aliphatic rings. The number of hydrogen-bond donors (Lipinski definition) is 1. The van der Waals surface area contributed by atoms with Gasteiger partial charge in [0.05, 0.1) is 18.4 Å². The molecule has 0 aliphatic carbocycles. The van der Waals surface area contributed by atoms with Gasteiger partial charge in [-0.1, -0.05) is 12.1 Å². The molecule has 7 nitrogen and oxygen atoms in total. The molecule has 0 amide bonds. The summed E-state index contributed by atoms with van der Waals surface area (Å²) in [5.41, 5.74) is 1.70. The minimum absolute atomic E-state index is 0.0941. The van der Waals surface area contributed by atoms with Crippen molar-refractivity contribution in [3.8, 4) is 11.5 Å². The van der Waals surface area contributed by atoms with Crippen molar-refractivity contribution in [3.05, 3.63) is 52.1 Å². The third-order valence-electron chi connectivity index (χ3n) is 5.82. The van der Waals surface area contributed by atoms with E-state index in [9.17, 15) is 9.90 Å². The van der Waals surface area contributed by atoms with Gasteiger partial charge in [-0.2, -0.15) is 11.8 Å². The predicted molar refractivity (Wildman–Crippen MR) is 120 cm³/mol. The van der Waals surface area contributed by atoms with Gasteiger partial charge in [-0.15, -0.1) is 0 Å². The van der Waals surface area contributed by atoms with Gasteiger partial charge in [-0.05, 0) is 12.1 Å². The van der Waals surface area contributed by atoms with Gasteiger partial charge in [0.15, 0.2) is 0 Å². The Kier molecular flexibility index (Phi) is 6.86. The van der Waals surface area contributed by atoms with E-state index in [4.69, 9.17) is 9.15 Å². The molecular formula is C22H29N3O4S. The molecule has 0 bridgehead atoms. The van der Waals surface area contributed by atoms with E-state index in [1.54, 1.807) is 7.11 Å². The number of benzene rings is 1. The standard InChI is InChI=1S/C22H29N3O4S/c1-28-20-5-3-2-4-19(20)25-8-6-23(7-9-25)15-18-21(26)17(16-29-22(18)27)14-24-10-12-30-13-11-24/h2-5,16,26H,6-15H2,1H3. The minimum Gasteiger partial charge on any atom is -0.507 e. The lowest BCUT2D eigenvalue weighted by atomic mass is 10.1. The molecule has 2 saturated heterocycles. The summed E-state index contributed by atoms with van der Waals surface area (Å²) in [6.07, 6.45) is 1.42. The summed E-state index contributed by atoms with van der Waals surface area (Å²) in [6.45, 7) is 6.25. The monoisotopic (exact) mass is 431 g/mol. The Hall–Kier alpha value is -2.16. The fourth-order valence-electron chi connectivity index (χ4n) is 4.06. The number of hydrogen-bond acceptors (Lipinski definition) is 8. The molecule has 1 aromatic carbocycles. The fraction of sp³-hybridized carbons (Fsp3) is 0.500. The maximum Gasteiger partial charge on any atom is 0.343 e. The Bertz CT molecular complexity index is 905. The SMILES string of the molecule is COc1ccccc1N1CCN(Cc2c(O)c(CN3CCSCC3)coc2=O)CC1. The molecule has 2 aromatic rings. The van der Waals surface area contributed by atoms with Crippen molar-refractivity contribution in [2.75, 3.05) is 62.8 Å². The molecule has 0 spiro atoms. The van der Waals surface area contributed by atoms with Crippen LogP contribution in [0.15, 0.2) is 39.7 Å². The topological polar surface area (TPSA) is 69.4 Å². The summed E-state index contributed by atoms with van der Waals surface area (Å²) >= 11 is 1.95. The number of ether oxygens (including phenoxy) is 1. The maximum absolute atomic E-state index is 12.3. The van der Waals surface area contributed by atoms with Crippen LogP contribution >= 0.6 is 11.8 Å². The first-order valence-electron chi connectivity index (χ1n) is 10.4. The van der Waals surface area contributed by atoms with Crippen LogP contribution < -0.4 is 15.3 Å². The number of anilines is 1. The van der Waals surface area contributed by atoms with Crippen LogP contribution in [0.2, 0.25) is 0 Å². The van der Waals surface area contributed by atoms with Crippen molar-refractivity contribution in [1.82, 2.24) is 9.80 Å². The third-order valence-corrected chi connectivity index (χ3v) is 6.76. The number of rotatable bonds is 6. The molecule has 0 atom stereocenters. The molecule has 8 heteroatoms. The second-order valence-electron chi connectivity index (χ2n) is 7.70. The average molecular weight is 432 g/mol. The van der Waals surface area contributed by atoms with Gasteiger partial charge in [0.2, 0.25) is 0 Å². The van der Waals surface area contributed by atoms with E-state index in [0.717, 1.165) is 62.2 Å². The smallest absolute Gasteiger partial charge is 0.343 e. The van der Waals surface area contributed by atoms with Gasteiger partial charge in [0.1, 0.15) is 17.8 Å². The fourth-order valence-corrected chi connectivity index (χ4v) is 5.03. The van der Waals surface area contributed by atoms with Crippen LogP contribution in [-0.2, 0) is 13.1 Å². The molecule has 162 valence electrons. The minimum atomic E-state index is -0.447. The van der Waals surface area contributed by atoms with Crippen molar-refractivity contribution in [2.24, 2.45) is 0 Å². The Labute approximate surface area is 181 Å². The molecule has 4 rings (SSSR count). The quantitative estimate of drug-likeness (QED) is 0.747. The van der Waals surface area contributed by atoms with Crippen molar-refractivity contribution < 1.29 is 14.3 Å².